The van der Waals surface area contributed by atoms with Crippen LogP contribution >= 0.6 is 0 Å². The van der Waals surface area contributed by atoms with Crippen LogP contribution in [0.15, 0.2) is 48.5 Å². The second-order valence-corrected chi connectivity index (χ2v) is 7.39. The van der Waals surface area contributed by atoms with Crippen molar-refractivity contribution in [3.63, 3.8) is 0 Å². The van der Waals surface area contributed by atoms with Gasteiger partial charge in [0.2, 0.25) is 0 Å². The van der Waals surface area contributed by atoms with E-state index in [2.05, 4.69) is 81.1 Å². The van der Waals surface area contributed by atoms with Gasteiger partial charge in [0.05, 0.1) is 0 Å². The minimum atomic E-state index is 0.758. The van der Waals surface area contributed by atoms with Crippen molar-refractivity contribution < 1.29 is 0 Å². The molecule has 0 heterocycles. The third-order valence-corrected chi connectivity index (χ3v) is 4.59. The van der Waals surface area contributed by atoms with Crippen molar-refractivity contribution in [2.45, 2.75) is 65.7 Å². The maximum atomic E-state index is 3.28. The first-order chi connectivity index (χ1) is 12.2. The molecule has 0 bridgehead atoms. The molecule has 0 atom stereocenters. The Morgan fingerprint density at radius 2 is 1.20 bits per heavy atom. The van der Waals surface area contributed by atoms with Crippen LogP contribution < -0.4 is 0 Å². The van der Waals surface area contributed by atoms with Crippen LogP contribution in [0, 0.1) is 17.8 Å². The molecule has 0 aliphatic carbocycles. The fourth-order valence-electron chi connectivity index (χ4n) is 2.87. The van der Waals surface area contributed by atoms with Crippen LogP contribution in [0.4, 0.5) is 0 Å². The summed E-state index contributed by atoms with van der Waals surface area (Å²) in [5, 5.41) is 0. The van der Waals surface area contributed by atoms with Gasteiger partial charge in [-0.2, -0.15) is 0 Å². The molecule has 0 aliphatic heterocycles. The Bertz CT molecular complexity index is 663. The largest absolute Gasteiger partial charge is 0.0654 e. The second kappa shape index (κ2) is 10.8. The topological polar surface area (TPSA) is 0 Å². The lowest BCUT2D eigenvalue weighted by atomic mass is 10.0. The molecule has 2 aromatic rings. The lowest BCUT2D eigenvalue weighted by Crippen LogP contribution is -1.91. The van der Waals surface area contributed by atoms with E-state index in [1.807, 2.05) is 0 Å². The Kier molecular flexibility index (Phi) is 8.33. The van der Waals surface area contributed by atoms with Gasteiger partial charge in [-0.05, 0) is 67.0 Å². The average Bonchev–Trinajstić information content (AvgIpc) is 2.63. The lowest BCUT2D eigenvalue weighted by Gasteiger charge is -2.04. The number of aryl methyl sites for hydroxylation is 2. The molecule has 0 saturated carbocycles. The highest BCUT2D eigenvalue weighted by Gasteiger charge is 1.97. The third-order valence-electron chi connectivity index (χ3n) is 4.59. The van der Waals surface area contributed by atoms with E-state index < -0.39 is 0 Å². The molecule has 0 radical (unpaired) electrons. The van der Waals surface area contributed by atoms with Gasteiger partial charge in [-0.25, -0.2) is 0 Å². The summed E-state index contributed by atoms with van der Waals surface area (Å²) in [4.78, 5) is 0. The van der Waals surface area contributed by atoms with E-state index in [9.17, 15) is 0 Å². The van der Waals surface area contributed by atoms with E-state index in [4.69, 9.17) is 0 Å². The minimum absolute atomic E-state index is 0.758. The Hall–Kier alpha value is -2.00. The summed E-state index contributed by atoms with van der Waals surface area (Å²) in [6.07, 6.45) is 8.87. The Balaban J connectivity index is 1.87. The number of unbranched alkanes of at least 4 members (excludes halogenated alkanes) is 3. The summed E-state index contributed by atoms with van der Waals surface area (Å²) in [6.45, 7) is 6.80. The highest BCUT2D eigenvalue weighted by atomic mass is 14.0. The predicted octanol–water partition coefficient (Wildman–Crippen LogP) is 6.80. The van der Waals surface area contributed by atoms with E-state index in [1.54, 1.807) is 0 Å². The van der Waals surface area contributed by atoms with Crippen molar-refractivity contribution in [3.05, 3.63) is 70.8 Å². The van der Waals surface area contributed by atoms with Crippen LogP contribution in [0.3, 0.4) is 0 Å². The fraction of sp³-hybridized carbons (Fsp3) is 0.440. The molecule has 0 saturated heterocycles. The maximum Gasteiger partial charge on any atom is 0.0249 e. The maximum absolute atomic E-state index is 3.28. The Labute approximate surface area is 154 Å². The molecule has 0 heteroatoms. The minimum Gasteiger partial charge on any atom is -0.0654 e. The highest BCUT2D eigenvalue weighted by molar-refractivity contribution is 5.44. The van der Waals surface area contributed by atoms with Gasteiger partial charge in [-0.1, -0.05) is 76.1 Å². The zero-order valence-corrected chi connectivity index (χ0v) is 16.1. The van der Waals surface area contributed by atoms with Crippen molar-refractivity contribution >= 4 is 0 Å². The van der Waals surface area contributed by atoms with Gasteiger partial charge < -0.3 is 0 Å². The molecule has 0 spiro atoms. The number of rotatable bonds is 8. The van der Waals surface area contributed by atoms with Crippen molar-refractivity contribution in [1.29, 1.82) is 0 Å². The van der Waals surface area contributed by atoms with Gasteiger partial charge in [-0.15, -0.1) is 0 Å². The van der Waals surface area contributed by atoms with Crippen LogP contribution in [-0.4, -0.2) is 0 Å². The van der Waals surface area contributed by atoms with Crippen molar-refractivity contribution in [2.24, 2.45) is 5.92 Å². The van der Waals surface area contributed by atoms with Crippen LogP contribution in [0.25, 0.3) is 0 Å². The highest BCUT2D eigenvalue weighted by Crippen LogP contribution is 2.11. The van der Waals surface area contributed by atoms with Gasteiger partial charge in [-0.3, -0.25) is 0 Å². The first-order valence-electron chi connectivity index (χ1n) is 9.87. The second-order valence-electron chi connectivity index (χ2n) is 7.39. The zero-order chi connectivity index (χ0) is 17.9. The smallest absolute Gasteiger partial charge is 0.0249 e. The summed E-state index contributed by atoms with van der Waals surface area (Å²) < 4.78 is 0. The van der Waals surface area contributed by atoms with E-state index in [1.165, 1.54) is 49.7 Å². The standard InChI is InChI=1S/C25H32/c1-4-5-6-7-8-22-11-13-24(14-12-22)19-20-25-17-15-23(16-18-25)10-9-21(2)3/h11-18,21H,4-10H2,1-3H3. The lowest BCUT2D eigenvalue weighted by molar-refractivity contribution is 0.587. The van der Waals surface area contributed by atoms with Crippen molar-refractivity contribution in [1.82, 2.24) is 0 Å². The van der Waals surface area contributed by atoms with Crippen LogP contribution in [0.5, 0.6) is 0 Å². The Morgan fingerprint density at radius 1 is 0.680 bits per heavy atom. The average molecular weight is 333 g/mol. The third kappa shape index (κ3) is 7.61. The Morgan fingerprint density at radius 3 is 1.68 bits per heavy atom. The summed E-state index contributed by atoms with van der Waals surface area (Å²) in [5.41, 5.74) is 5.03. The van der Waals surface area contributed by atoms with Gasteiger partial charge >= 0.3 is 0 Å². The van der Waals surface area contributed by atoms with Crippen LogP contribution in [0.2, 0.25) is 0 Å². The zero-order valence-electron chi connectivity index (χ0n) is 16.1. The van der Waals surface area contributed by atoms with E-state index in [0.29, 0.717) is 0 Å². The fourth-order valence-corrected chi connectivity index (χ4v) is 2.87. The van der Waals surface area contributed by atoms with Gasteiger partial charge in [0.1, 0.15) is 0 Å². The van der Waals surface area contributed by atoms with Crippen LogP contribution in [0.1, 0.15) is 75.1 Å². The SMILES string of the molecule is CCCCCCc1ccc(C#Cc2ccc(CCC(C)C)cc2)cc1. The van der Waals surface area contributed by atoms with Gasteiger partial charge in [0, 0.05) is 11.1 Å². The van der Waals surface area contributed by atoms with Gasteiger partial charge in [0.15, 0.2) is 0 Å². The number of benzene rings is 2. The molecule has 0 aliphatic rings. The van der Waals surface area contributed by atoms with E-state index in [0.717, 1.165) is 23.5 Å². The van der Waals surface area contributed by atoms with Crippen LogP contribution in [-0.2, 0) is 12.8 Å². The molecule has 2 aromatic carbocycles. The molecule has 0 amide bonds. The predicted molar refractivity (Wildman–Crippen MR) is 110 cm³/mol. The first kappa shape index (κ1) is 19.3. The number of hydrogen-bond acceptors (Lipinski definition) is 0. The molecule has 0 unspecified atom stereocenters. The quantitative estimate of drug-likeness (QED) is 0.368. The molecule has 132 valence electrons. The van der Waals surface area contributed by atoms with E-state index in [-0.39, 0.29) is 0 Å². The molecule has 0 fully saturated rings. The number of hydrogen-bond donors (Lipinski definition) is 0. The normalized spacial score (nSPS) is 10.6. The summed E-state index contributed by atoms with van der Waals surface area (Å²) in [5.74, 6) is 7.33. The van der Waals surface area contributed by atoms with Crippen molar-refractivity contribution in [2.75, 3.05) is 0 Å². The summed E-state index contributed by atoms with van der Waals surface area (Å²) >= 11 is 0. The molecule has 0 N–H and O–H groups in total. The summed E-state index contributed by atoms with van der Waals surface area (Å²) in [6, 6.07) is 17.5. The molecular weight excluding hydrogens is 300 g/mol. The molecule has 25 heavy (non-hydrogen) atoms. The van der Waals surface area contributed by atoms with E-state index >= 15 is 0 Å². The first-order valence-corrected chi connectivity index (χ1v) is 9.87. The molecule has 0 nitrogen and oxygen atoms in total. The summed E-state index contributed by atoms with van der Waals surface area (Å²) in [7, 11) is 0. The van der Waals surface area contributed by atoms with Crippen molar-refractivity contribution in [3.8, 4) is 11.8 Å². The van der Waals surface area contributed by atoms with Gasteiger partial charge in [0.25, 0.3) is 0 Å². The monoisotopic (exact) mass is 332 g/mol. The molecule has 0 aromatic heterocycles. The molecular formula is C25H32. The molecule has 2 rings (SSSR count).